The van der Waals surface area contributed by atoms with Crippen LogP contribution >= 0.6 is 24.0 Å². The molecular weight excluding hydrogens is 390 g/mol. The normalized spacial score (nSPS) is 16.2. The van der Waals surface area contributed by atoms with E-state index in [1.165, 1.54) is 17.3 Å². The van der Waals surface area contributed by atoms with Gasteiger partial charge in [0.15, 0.2) is 0 Å². The summed E-state index contributed by atoms with van der Waals surface area (Å²) in [5, 5.41) is 6.22. The van der Waals surface area contributed by atoms with Crippen LogP contribution in [0.25, 0.3) is 0 Å². The summed E-state index contributed by atoms with van der Waals surface area (Å²) in [5.41, 5.74) is 3.12. The number of furan rings is 1. The first kappa shape index (κ1) is 20.6. The number of hydrogen-bond donors (Lipinski definition) is 0. The SMILES string of the molecule is CCN(CC)C(=S)SCC(=O)N1N=C(c2ccc(C)cc2)C[C@H]1c1ccco1. The van der Waals surface area contributed by atoms with Crippen LogP contribution < -0.4 is 0 Å². The van der Waals surface area contributed by atoms with Gasteiger partial charge in [-0.3, -0.25) is 4.79 Å². The molecule has 1 atom stereocenters. The zero-order valence-corrected chi connectivity index (χ0v) is 18.1. The van der Waals surface area contributed by atoms with E-state index < -0.39 is 0 Å². The summed E-state index contributed by atoms with van der Waals surface area (Å²) in [7, 11) is 0. The molecule has 1 amide bonds. The topological polar surface area (TPSA) is 49.1 Å². The predicted molar refractivity (Wildman–Crippen MR) is 119 cm³/mol. The molecule has 0 fully saturated rings. The second kappa shape index (κ2) is 9.39. The number of hydrogen-bond acceptors (Lipinski definition) is 5. The molecule has 2 heterocycles. The van der Waals surface area contributed by atoms with E-state index >= 15 is 0 Å². The highest BCUT2D eigenvalue weighted by molar-refractivity contribution is 8.23. The highest BCUT2D eigenvalue weighted by atomic mass is 32.2. The van der Waals surface area contributed by atoms with Gasteiger partial charge < -0.3 is 9.32 Å². The molecule has 1 aromatic heterocycles. The molecule has 2 aromatic rings. The lowest BCUT2D eigenvalue weighted by molar-refractivity contribution is -0.130. The Morgan fingerprint density at radius 2 is 2.00 bits per heavy atom. The molecule has 0 bridgehead atoms. The van der Waals surface area contributed by atoms with Crippen LogP contribution in [-0.4, -0.2) is 44.7 Å². The maximum absolute atomic E-state index is 13.0. The molecule has 1 aliphatic heterocycles. The van der Waals surface area contributed by atoms with Crippen LogP contribution in [-0.2, 0) is 4.79 Å². The maximum atomic E-state index is 13.0. The summed E-state index contributed by atoms with van der Waals surface area (Å²) in [6, 6.07) is 11.7. The standard InChI is InChI=1S/C21H25N3O2S2/c1-4-23(5-2)21(27)28-14-20(25)24-18(19-7-6-12-26-19)13-17(22-24)16-10-8-15(3)9-11-16/h6-12,18H,4-5,13-14H2,1-3H3/t18-/m0/s1. The number of carbonyl (C=O) groups is 1. The predicted octanol–water partition coefficient (Wildman–Crippen LogP) is 4.63. The van der Waals surface area contributed by atoms with Crippen LogP contribution in [0, 0.1) is 6.92 Å². The maximum Gasteiger partial charge on any atom is 0.253 e. The fourth-order valence-corrected chi connectivity index (χ4v) is 4.38. The van der Waals surface area contributed by atoms with Crippen molar-refractivity contribution in [3.63, 3.8) is 0 Å². The Morgan fingerprint density at radius 3 is 2.61 bits per heavy atom. The van der Waals surface area contributed by atoms with Crippen molar-refractivity contribution in [3.05, 3.63) is 59.5 Å². The van der Waals surface area contributed by atoms with E-state index in [-0.39, 0.29) is 17.7 Å². The molecule has 0 saturated carbocycles. The van der Waals surface area contributed by atoms with Crippen LogP contribution in [0.2, 0.25) is 0 Å². The molecule has 0 N–H and O–H groups in total. The zero-order valence-electron chi connectivity index (χ0n) is 16.4. The van der Waals surface area contributed by atoms with Crippen molar-refractivity contribution in [1.29, 1.82) is 0 Å². The Kier molecular flexibility index (Phi) is 6.91. The number of hydrazone groups is 1. The molecule has 28 heavy (non-hydrogen) atoms. The molecule has 148 valence electrons. The van der Waals surface area contributed by atoms with Crippen LogP contribution in [0.5, 0.6) is 0 Å². The molecule has 0 radical (unpaired) electrons. The number of thiocarbonyl (C=S) groups is 1. The average Bonchev–Trinajstić information content (AvgIpc) is 3.37. The average molecular weight is 416 g/mol. The number of rotatable bonds is 6. The lowest BCUT2D eigenvalue weighted by Crippen LogP contribution is -2.31. The van der Waals surface area contributed by atoms with Crippen molar-refractivity contribution in [3.8, 4) is 0 Å². The first-order valence-electron chi connectivity index (χ1n) is 9.45. The Hall–Kier alpha value is -2.12. The van der Waals surface area contributed by atoms with Gasteiger partial charge in [0.05, 0.1) is 17.7 Å². The van der Waals surface area contributed by atoms with Gasteiger partial charge in [-0.15, -0.1) is 0 Å². The second-order valence-corrected chi connectivity index (χ2v) is 8.22. The first-order valence-corrected chi connectivity index (χ1v) is 10.8. The fraction of sp³-hybridized carbons (Fsp3) is 0.381. The minimum atomic E-state index is -0.221. The molecule has 3 rings (SSSR count). The Bertz CT molecular complexity index is 843. The molecule has 1 aromatic carbocycles. The quantitative estimate of drug-likeness (QED) is 0.644. The van der Waals surface area contributed by atoms with Crippen LogP contribution in [0.3, 0.4) is 0 Å². The lowest BCUT2D eigenvalue weighted by Gasteiger charge is -2.23. The van der Waals surface area contributed by atoms with Gasteiger partial charge >= 0.3 is 0 Å². The summed E-state index contributed by atoms with van der Waals surface area (Å²) < 4.78 is 6.34. The van der Waals surface area contributed by atoms with Crippen molar-refractivity contribution >= 4 is 39.9 Å². The number of aryl methyl sites for hydroxylation is 1. The van der Waals surface area contributed by atoms with E-state index in [2.05, 4.69) is 42.9 Å². The highest BCUT2D eigenvalue weighted by Crippen LogP contribution is 2.33. The fourth-order valence-electron chi connectivity index (χ4n) is 3.13. The third-order valence-corrected chi connectivity index (χ3v) is 6.27. The molecule has 5 nitrogen and oxygen atoms in total. The van der Waals surface area contributed by atoms with Crippen molar-refractivity contribution in [1.82, 2.24) is 9.91 Å². The van der Waals surface area contributed by atoms with Crippen LogP contribution in [0.1, 0.15) is 43.2 Å². The largest absolute Gasteiger partial charge is 0.467 e. The van der Waals surface area contributed by atoms with Crippen LogP contribution in [0.4, 0.5) is 0 Å². The number of benzene rings is 1. The van der Waals surface area contributed by atoms with E-state index in [4.69, 9.17) is 16.6 Å². The molecule has 0 spiro atoms. The third kappa shape index (κ3) is 4.64. The zero-order chi connectivity index (χ0) is 20.1. The van der Waals surface area contributed by atoms with E-state index in [9.17, 15) is 4.79 Å². The lowest BCUT2D eigenvalue weighted by atomic mass is 10.0. The Labute approximate surface area is 175 Å². The molecule has 0 saturated heterocycles. The van der Waals surface area contributed by atoms with Gasteiger partial charge in [0.1, 0.15) is 16.1 Å². The Morgan fingerprint density at radius 1 is 1.29 bits per heavy atom. The van der Waals surface area contributed by atoms with Gasteiger partial charge in [0.2, 0.25) is 0 Å². The van der Waals surface area contributed by atoms with Gasteiger partial charge in [0, 0.05) is 19.5 Å². The summed E-state index contributed by atoms with van der Waals surface area (Å²) in [5.74, 6) is 0.940. The number of thioether (sulfide) groups is 1. The number of carbonyl (C=O) groups excluding carboxylic acids is 1. The minimum absolute atomic E-state index is 0.0667. The summed E-state index contributed by atoms with van der Waals surface area (Å²) in [6.45, 7) is 7.85. The summed E-state index contributed by atoms with van der Waals surface area (Å²) in [4.78, 5) is 15.0. The van der Waals surface area contributed by atoms with Gasteiger partial charge in [-0.25, -0.2) is 5.01 Å². The van der Waals surface area contributed by atoms with E-state index in [1.807, 2.05) is 24.3 Å². The smallest absolute Gasteiger partial charge is 0.253 e. The first-order chi connectivity index (χ1) is 13.5. The molecule has 7 heteroatoms. The van der Waals surface area contributed by atoms with Gasteiger partial charge in [-0.05, 0) is 38.5 Å². The van der Waals surface area contributed by atoms with Crippen LogP contribution in [0.15, 0.2) is 52.2 Å². The summed E-state index contributed by atoms with van der Waals surface area (Å²) >= 11 is 6.84. The number of amides is 1. The van der Waals surface area contributed by atoms with Gasteiger partial charge in [-0.1, -0.05) is 53.8 Å². The van der Waals surface area contributed by atoms with Crippen molar-refractivity contribution in [2.75, 3.05) is 18.8 Å². The second-order valence-electron chi connectivity index (χ2n) is 6.61. The third-order valence-electron chi connectivity index (χ3n) is 4.76. The van der Waals surface area contributed by atoms with Crippen molar-refractivity contribution < 1.29 is 9.21 Å². The van der Waals surface area contributed by atoms with E-state index in [1.54, 1.807) is 11.3 Å². The monoisotopic (exact) mass is 415 g/mol. The molecular formula is C21H25N3O2S2. The van der Waals surface area contributed by atoms with Gasteiger partial charge in [0.25, 0.3) is 5.91 Å². The van der Waals surface area contributed by atoms with E-state index in [0.717, 1.165) is 34.4 Å². The van der Waals surface area contributed by atoms with Crippen molar-refractivity contribution in [2.24, 2.45) is 5.10 Å². The molecule has 0 aliphatic carbocycles. The summed E-state index contributed by atoms with van der Waals surface area (Å²) in [6.07, 6.45) is 2.26. The Balaban J connectivity index is 1.77. The highest BCUT2D eigenvalue weighted by Gasteiger charge is 2.34. The molecule has 0 unspecified atom stereocenters. The molecule has 1 aliphatic rings. The van der Waals surface area contributed by atoms with Crippen molar-refractivity contribution in [2.45, 2.75) is 33.2 Å². The number of nitrogens with zero attached hydrogens (tertiary/aromatic N) is 3. The van der Waals surface area contributed by atoms with Gasteiger partial charge in [-0.2, -0.15) is 5.10 Å². The van der Waals surface area contributed by atoms with E-state index in [0.29, 0.717) is 6.42 Å². The minimum Gasteiger partial charge on any atom is -0.467 e.